The predicted octanol–water partition coefficient (Wildman–Crippen LogP) is 2.29. The summed E-state index contributed by atoms with van der Waals surface area (Å²) in [7, 11) is 2.09. The molecule has 28 heavy (non-hydrogen) atoms. The Bertz CT molecular complexity index is 1030. The van der Waals surface area contributed by atoms with Crippen LogP contribution in [-0.4, -0.2) is 47.0 Å². The minimum absolute atomic E-state index is 0.153. The first-order chi connectivity index (χ1) is 13.5. The highest BCUT2D eigenvalue weighted by atomic mass is 16.2. The van der Waals surface area contributed by atoms with Crippen LogP contribution in [0.3, 0.4) is 0 Å². The van der Waals surface area contributed by atoms with Crippen LogP contribution in [0.5, 0.6) is 0 Å². The Morgan fingerprint density at radius 1 is 1.11 bits per heavy atom. The number of nitrogen functional groups attached to an aromatic ring is 2. The van der Waals surface area contributed by atoms with Gasteiger partial charge in [-0.25, -0.2) is 4.98 Å². The molecule has 0 atom stereocenters. The van der Waals surface area contributed by atoms with Crippen molar-refractivity contribution >= 4 is 28.2 Å². The fraction of sp³-hybridized carbons (Fsp3) is 0.286. The number of hydrogen-bond acceptors (Lipinski definition) is 6. The second-order valence-electron chi connectivity index (χ2n) is 7.32. The third-order valence-electron chi connectivity index (χ3n) is 5.27. The monoisotopic (exact) mass is 376 g/mol. The molecule has 3 aromatic rings. The number of carbonyl (C=O) groups is 1. The zero-order valence-corrected chi connectivity index (χ0v) is 15.9. The van der Waals surface area contributed by atoms with Gasteiger partial charge in [-0.1, -0.05) is 6.07 Å². The SMILES string of the molecule is CN1CCC(NC(=O)c2nc(-c3ccc4nccc(N)c4c3)ccc2N)CC1. The number of pyridine rings is 2. The van der Waals surface area contributed by atoms with Crippen molar-refractivity contribution in [2.45, 2.75) is 18.9 Å². The number of piperidine rings is 1. The average molecular weight is 376 g/mol. The van der Waals surface area contributed by atoms with Gasteiger partial charge in [-0.3, -0.25) is 9.78 Å². The van der Waals surface area contributed by atoms with Crippen LogP contribution in [0.15, 0.2) is 42.6 Å². The van der Waals surface area contributed by atoms with Gasteiger partial charge in [0.25, 0.3) is 5.91 Å². The van der Waals surface area contributed by atoms with Gasteiger partial charge in [0.1, 0.15) is 0 Å². The topological polar surface area (TPSA) is 110 Å². The van der Waals surface area contributed by atoms with Crippen LogP contribution in [-0.2, 0) is 0 Å². The molecule has 3 heterocycles. The summed E-state index contributed by atoms with van der Waals surface area (Å²) in [5.74, 6) is -0.226. The van der Waals surface area contributed by atoms with E-state index in [4.69, 9.17) is 11.5 Å². The van der Waals surface area contributed by atoms with E-state index in [2.05, 4.69) is 27.2 Å². The Morgan fingerprint density at radius 2 is 1.89 bits per heavy atom. The smallest absolute Gasteiger partial charge is 0.272 e. The van der Waals surface area contributed by atoms with Crippen molar-refractivity contribution in [1.29, 1.82) is 0 Å². The third-order valence-corrected chi connectivity index (χ3v) is 5.27. The Hall–Kier alpha value is -3.19. The number of amides is 1. The van der Waals surface area contributed by atoms with Gasteiger partial charge < -0.3 is 21.7 Å². The first-order valence-electron chi connectivity index (χ1n) is 9.42. The molecule has 1 amide bonds. The van der Waals surface area contributed by atoms with Crippen LogP contribution < -0.4 is 16.8 Å². The highest BCUT2D eigenvalue weighted by molar-refractivity contribution is 5.98. The van der Waals surface area contributed by atoms with E-state index in [9.17, 15) is 4.79 Å². The minimum Gasteiger partial charge on any atom is -0.398 e. The molecule has 7 heteroatoms. The Morgan fingerprint density at radius 3 is 2.68 bits per heavy atom. The molecule has 1 aromatic carbocycles. The van der Waals surface area contributed by atoms with Crippen LogP contribution in [0, 0.1) is 0 Å². The lowest BCUT2D eigenvalue weighted by Crippen LogP contribution is -2.43. The molecular formula is C21H24N6O. The van der Waals surface area contributed by atoms with Gasteiger partial charge in [0, 0.05) is 28.9 Å². The van der Waals surface area contributed by atoms with E-state index in [0.29, 0.717) is 17.1 Å². The van der Waals surface area contributed by atoms with Crippen molar-refractivity contribution in [2.24, 2.45) is 0 Å². The second-order valence-corrected chi connectivity index (χ2v) is 7.32. The van der Waals surface area contributed by atoms with Crippen molar-refractivity contribution in [3.05, 3.63) is 48.3 Å². The van der Waals surface area contributed by atoms with Gasteiger partial charge in [-0.15, -0.1) is 0 Å². The molecule has 1 fully saturated rings. The minimum atomic E-state index is -0.226. The summed E-state index contributed by atoms with van der Waals surface area (Å²) in [5.41, 5.74) is 15.8. The largest absolute Gasteiger partial charge is 0.398 e. The average Bonchev–Trinajstić information content (AvgIpc) is 2.70. The van der Waals surface area contributed by atoms with Gasteiger partial charge in [0.2, 0.25) is 0 Å². The second kappa shape index (κ2) is 7.44. The molecule has 0 aliphatic carbocycles. The number of aromatic nitrogens is 2. The molecule has 144 valence electrons. The van der Waals surface area contributed by atoms with Crippen LogP contribution in [0.25, 0.3) is 22.2 Å². The third kappa shape index (κ3) is 3.61. The summed E-state index contributed by atoms with van der Waals surface area (Å²) in [6.45, 7) is 1.95. The van der Waals surface area contributed by atoms with Gasteiger partial charge >= 0.3 is 0 Å². The highest BCUT2D eigenvalue weighted by Crippen LogP contribution is 2.27. The Kier molecular flexibility index (Phi) is 4.83. The lowest BCUT2D eigenvalue weighted by atomic mass is 10.0. The van der Waals surface area contributed by atoms with Crippen molar-refractivity contribution < 1.29 is 4.79 Å². The molecular weight excluding hydrogens is 352 g/mol. The van der Waals surface area contributed by atoms with E-state index in [1.165, 1.54) is 0 Å². The molecule has 7 nitrogen and oxygen atoms in total. The predicted molar refractivity (Wildman–Crippen MR) is 112 cm³/mol. The molecule has 4 rings (SSSR count). The van der Waals surface area contributed by atoms with Crippen molar-refractivity contribution in [2.75, 3.05) is 31.6 Å². The van der Waals surface area contributed by atoms with Gasteiger partial charge in [0.15, 0.2) is 5.69 Å². The number of anilines is 2. The number of rotatable bonds is 3. The van der Waals surface area contributed by atoms with E-state index < -0.39 is 0 Å². The summed E-state index contributed by atoms with van der Waals surface area (Å²) in [6, 6.07) is 11.2. The molecule has 1 saturated heterocycles. The molecule has 0 spiro atoms. The molecule has 2 aromatic heterocycles. The number of carbonyl (C=O) groups excluding carboxylic acids is 1. The molecule has 0 unspecified atom stereocenters. The fourth-order valence-corrected chi connectivity index (χ4v) is 3.55. The van der Waals surface area contributed by atoms with Crippen molar-refractivity contribution in [3.63, 3.8) is 0 Å². The number of nitrogens with zero attached hydrogens (tertiary/aromatic N) is 3. The lowest BCUT2D eigenvalue weighted by Gasteiger charge is -2.29. The maximum atomic E-state index is 12.8. The summed E-state index contributed by atoms with van der Waals surface area (Å²) in [6.07, 6.45) is 3.54. The molecule has 1 aliphatic heterocycles. The van der Waals surface area contributed by atoms with Gasteiger partial charge in [-0.05, 0) is 63.3 Å². The summed E-state index contributed by atoms with van der Waals surface area (Å²) >= 11 is 0. The molecule has 0 radical (unpaired) electrons. The number of fused-ring (bicyclic) bond motifs is 1. The molecule has 0 saturated carbocycles. The zero-order chi connectivity index (χ0) is 19.7. The normalized spacial score (nSPS) is 15.6. The quantitative estimate of drug-likeness (QED) is 0.647. The maximum absolute atomic E-state index is 12.8. The van der Waals surface area contributed by atoms with E-state index >= 15 is 0 Å². The van der Waals surface area contributed by atoms with Gasteiger partial charge in [0.05, 0.1) is 16.9 Å². The number of nitrogens with two attached hydrogens (primary N) is 2. The maximum Gasteiger partial charge on any atom is 0.272 e. The van der Waals surface area contributed by atoms with Crippen molar-refractivity contribution in [1.82, 2.24) is 20.2 Å². The van der Waals surface area contributed by atoms with E-state index in [1.54, 1.807) is 18.3 Å². The highest BCUT2D eigenvalue weighted by Gasteiger charge is 2.21. The number of hydrogen-bond donors (Lipinski definition) is 3. The fourth-order valence-electron chi connectivity index (χ4n) is 3.55. The van der Waals surface area contributed by atoms with E-state index in [1.807, 2.05) is 24.3 Å². The molecule has 1 aliphatic rings. The Balaban J connectivity index is 1.62. The first-order valence-corrected chi connectivity index (χ1v) is 9.42. The standard InChI is InChI=1S/C21H24N6O/c1-27-10-7-14(8-11-27)25-21(28)20-17(23)3-5-18(26-20)13-2-4-19-15(12-13)16(22)6-9-24-19/h2-6,9,12,14H,7-8,10-11,23H2,1H3,(H2,22,24)(H,25,28). The summed E-state index contributed by atoms with van der Waals surface area (Å²) in [5, 5.41) is 3.93. The first kappa shape index (κ1) is 18.2. The van der Waals surface area contributed by atoms with Crippen LogP contribution >= 0.6 is 0 Å². The molecule has 0 bridgehead atoms. The van der Waals surface area contributed by atoms with Crippen LogP contribution in [0.1, 0.15) is 23.3 Å². The van der Waals surface area contributed by atoms with E-state index in [0.717, 1.165) is 42.4 Å². The number of nitrogens with one attached hydrogen (secondary N) is 1. The van der Waals surface area contributed by atoms with Crippen LogP contribution in [0.2, 0.25) is 0 Å². The van der Waals surface area contributed by atoms with E-state index in [-0.39, 0.29) is 17.6 Å². The van der Waals surface area contributed by atoms with Crippen molar-refractivity contribution in [3.8, 4) is 11.3 Å². The number of benzene rings is 1. The lowest BCUT2D eigenvalue weighted by molar-refractivity contribution is 0.0913. The zero-order valence-electron chi connectivity index (χ0n) is 15.9. The summed E-state index contributed by atoms with van der Waals surface area (Å²) < 4.78 is 0. The van der Waals surface area contributed by atoms with Crippen LogP contribution in [0.4, 0.5) is 11.4 Å². The Labute approximate surface area is 163 Å². The number of likely N-dealkylation sites (tertiary alicyclic amines) is 1. The summed E-state index contributed by atoms with van der Waals surface area (Å²) in [4.78, 5) is 23.9. The van der Waals surface area contributed by atoms with Gasteiger partial charge in [-0.2, -0.15) is 0 Å². The molecule has 5 N–H and O–H groups in total.